The first-order valence-electron chi connectivity index (χ1n) is 6.30. The topological polar surface area (TPSA) is 98.6 Å². The second-order valence-corrected chi connectivity index (χ2v) is 7.55. The molecule has 124 valence electrons. The highest BCUT2D eigenvalue weighted by atomic mass is 32.2. The minimum atomic E-state index is -4.18. The van der Waals surface area contributed by atoms with Gasteiger partial charge in [0, 0.05) is 6.20 Å². The quantitative estimate of drug-likeness (QED) is 0.733. The van der Waals surface area contributed by atoms with Gasteiger partial charge in [0.25, 0.3) is 16.4 Å². The van der Waals surface area contributed by atoms with Gasteiger partial charge in [-0.25, -0.2) is 26.6 Å². The van der Waals surface area contributed by atoms with E-state index in [1.54, 1.807) is 6.07 Å². The highest BCUT2D eigenvalue weighted by molar-refractivity contribution is 7.94. The van der Waals surface area contributed by atoms with Gasteiger partial charge in [-0.3, -0.25) is 4.72 Å². The average Bonchev–Trinajstić information content (AvgIpc) is 3.17. The normalized spacial score (nSPS) is 11.8. The van der Waals surface area contributed by atoms with E-state index in [4.69, 9.17) is 5.26 Å². The number of anilines is 1. The molecule has 0 saturated carbocycles. The Morgan fingerprint density at radius 3 is 2.75 bits per heavy atom. The molecule has 0 spiro atoms. The van der Waals surface area contributed by atoms with Crippen LogP contribution in [-0.4, -0.2) is 18.4 Å². The first kappa shape index (κ1) is 16.3. The number of alkyl halides is 2. The largest absolute Gasteiger partial charge is 0.358 e. The summed E-state index contributed by atoms with van der Waals surface area (Å²) in [5.41, 5.74) is 0.0787. The molecule has 0 saturated heterocycles. The molecule has 2 heterocycles. The van der Waals surface area contributed by atoms with E-state index in [0.717, 1.165) is 12.3 Å². The summed E-state index contributed by atoms with van der Waals surface area (Å²) in [4.78, 5) is 5.98. The summed E-state index contributed by atoms with van der Waals surface area (Å²) >= 11 is 0.337. The van der Waals surface area contributed by atoms with Crippen molar-refractivity contribution in [3.05, 3.63) is 40.9 Å². The van der Waals surface area contributed by atoms with Crippen LogP contribution in [0, 0.1) is 17.1 Å². The van der Waals surface area contributed by atoms with Crippen LogP contribution in [0.4, 0.5) is 18.9 Å². The number of benzene rings is 1. The third-order valence-electron chi connectivity index (χ3n) is 3.10. The number of hydrogen-bond acceptors (Lipinski definition) is 5. The first-order valence-corrected chi connectivity index (χ1v) is 8.60. The van der Waals surface area contributed by atoms with Gasteiger partial charge in [0.2, 0.25) is 0 Å². The Morgan fingerprint density at radius 2 is 2.12 bits per heavy atom. The Kier molecular flexibility index (Phi) is 3.94. The minimum Gasteiger partial charge on any atom is -0.358 e. The molecule has 1 aromatic carbocycles. The van der Waals surface area contributed by atoms with E-state index >= 15 is 0 Å². The lowest BCUT2D eigenvalue weighted by atomic mass is 10.1. The maximum absolute atomic E-state index is 13.9. The van der Waals surface area contributed by atoms with Crippen molar-refractivity contribution < 1.29 is 21.6 Å². The molecule has 0 aliphatic carbocycles. The summed E-state index contributed by atoms with van der Waals surface area (Å²) in [6.07, 6.45) is -0.810. The molecule has 2 aromatic heterocycles. The minimum absolute atomic E-state index is 0.0140. The van der Waals surface area contributed by atoms with Gasteiger partial charge in [0.05, 0.1) is 28.4 Å². The van der Waals surface area contributed by atoms with E-state index in [1.807, 2.05) is 0 Å². The van der Waals surface area contributed by atoms with Gasteiger partial charge >= 0.3 is 0 Å². The highest BCUT2D eigenvalue weighted by Crippen LogP contribution is 2.31. The van der Waals surface area contributed by atoms with Crippen molar-refractivity contribution in [3.8, 4) is 6.07 Å². The summed E-state index contributed by atoms with van der Waals surface area (Å²) in [6.45, 7) is 0. The molecule has 3 rings (SSSR count). The lowest BCUT2D eigenvalue weighted by Crippen LogP contribution is -2.12. The summed E-state index contributed by atoms with van der Waals surface area (Å²) in [7, 11) is -4.18. The molecule has 24 heavy (non-hydrogen) atoms. The van der Waals surface area contributed by atoms with Crippen molar-refractivity contribution in [1.82, 2.24) is 9.97 Å². The highest BCUT2D eigenvalue weighted by Gasteiger charge is 2.23. The van der Waals surface area contributed by atoms with E-state index in [9.17, 15) is 21.6 Å². The van der Waals surface area contributed by atoms with Crippen LogP contribution in [0.15, 0.2) is 28.7 Å². The molecule has 0 radical (unpaired) electrons. The predicted octanol–water partition coefficient (Wildman–Crippen LogP) is 3.37. The van der Waals surface area contributed by atoms with Crippen molar-refractivity contribution in [2.24, 2.45) is 0 Å². The SMILES string of the molecule is N#Cc1c[nH]c2c(NS(=O)(=O)c3cnc(C(F)F)s3)ccc(F)c12. The number of nitriles is 1. The standard InChI is InChI=1S/C13H7F3N4O2S2/c14-7-1-2-8(11-10(7)6(3-17)4-18-11)20-24(21,22)9-5-19-13(23-9)12(15)16/h1-2,4-5,12,18,20H. The number of aromatic nitrogens is 2. The lowest BCUT2D eigenvalue weighted by molar-refractivity contribution is 0.151. The van der Waals surface area contributed by atoms with E-state index in [0.29, 0.717) is 11.3 Å². The average molecular weight is 372 g/mol. The Labute approximate surface area is 137 Å². The molecule has 0 bridgehead atoms. The Morgan fingerprint density at radius 1 is 1.38 bits per heavy atom. The molecular formula is C13H7F3N4O2S2. The summed E-state index contributed by atoms with van der Waals surface area (Å²) < 4.78 is 65.3. The number of nitrogens with zero attached hydrogens (tertiary/aromatic N) is 2. The molecule has 3 aromatic rings. The predicted molar refractivity (Wildman–Crippen MR) is 80.9 cm³/mol. The second kappa shape index (κ2) is 5.81. The third kappa shape index (κ3) is 2.70. The smallest absolute Gasteiger partial charge is 0.289 e. The molecule has 0 aliphatic heterocycles. The van der Waals surface area contributed by atoms with E-state index in [-0.39, 0.29) is 22.2 Å². The number of thiazole rings is 1. The Hall–Kier alpha value is -2.58. The maximum Gasteiger partial charge on any atom is 0.289 e. The number of H-pyrrole nitrogens is 1. The van der Waals surface area contributed by atoms with Crippen LogP contribution in [0.5, 0.6) is 0 Å². The molecular weight excluding hydrogens is 365 g/mol. The van der Waals surface area contributed by atoms with Crippen LogP contribution in [0.1, 0.15) is 17.0 Å². The number of hydrogen-bond donors (Lipinski definition) is 2. The number of nitrogens with one attached hydrogen (secondary N) is 2. The fourth-order valence-corrected chi connectivity index (χ4v) is 4.15. The number of fused-ring (bicyclic) bond motifs is 1. The number of halogens is 3. The van der Waals surface area contributed by atoms with Crippen molar-refractivity contribution >= 4 is 38.0 Å². The zero-order chi connectivity index (χ0) is 17.5. The summed E-state index contributed by atoms with van der Waals surface area (Å²) in [5.74, 6) is -0.691. The lowest BCUT2D eigenvalue weighted by Gasteiger charge is -2.07. The molecule has 11 heteroatoms. The van der Waals surface area contributed by atoms with E-state index in [2.05, 4.69) is 14.7 Å². The van der Waals surface area contributed by atoms with Gasteiger partial charge in [0.1, 0.15) is 11.9 Å². The van der Waals surface area contributed by atoms with Crippen LogP contribution in [0.2, 0.25) is 0 Å². The monoisotopic (exact) mass is 372 g/mol. The second-order valence-electron chi connectivity index (χ2n) is 4.58. The van der Waals surface area contributed by atoms with Crippen LogP contribution >= 0.6 is 11.3 Å². The molecule has 0 atom stereocenters. The first-order chi connectivity index (χ1) is 11.3. The van der Waals surface area contributed by atoms with Gasteiger partial charge in [-0.15, -0.1) is 0 Å². The number of sulfonamides is 1. The van der Waals surface area contributed by atoms with E-state index in [1.165, 1.54) is 12.3 Å². The van der Waals surface area contributed by atoms with Crippen molar-refractivity contribution in [3.63, 3.8) is 0 Å². The van der Waals surface area contributed by atoms with E-state index < -0.39 is 31.5 Å². The van der Waals surface area contributed by atoms with Gasteiger partial charge in [-0.2, -0.15) is 5.26 Å². The van der Waals surface area contributed by atoms with Crippen LogP contribution in [0.3, 0.4) is 0 Å². The van der Waals surface area contributed by atoms with Crippen molar-refractivity contribution in [2.45, 2.75) is 10.6 Å². The Bertz CT molecular complexity index is 1070. The van der Waals surface area contributed by atoms with Crippen LogP contribution < -0.4 is 4.72 Å². The van der Waals surface area contributed by atoms with Gasteiger partial charge < -0.3 is 4.98 Å². The van der Waals surface area contributed by atoms with Gasteiger partial charge in [-0.05, 0) is 12.1 Å². The molecule has 0 aliphatic rings. The number of rotatable bonds is 4. The van der Waals surface area contributed by atoms with Crippen LogP contribution in [0.25, 0.3) is 10.9 Å². The molecule has 2 N–H and O–H groups in total. The summed E-state index contributed by atoms with van der Waals surface area (Å²) in [5, 5.41) is 8.27. The Balaban J connectivity index is 2.04. The molecule has 6 nitrogen and oxygen atoms in total. The van der Waals surface area contributed by atoms with Crippen molar-refractivity contribution in [2.75, 3.05) is 4.72 Å². The zero-order valence-corrected chi connectivity index (χ0v) is 13.2. The molecule has 0 amide bonds. The fraction of sp³-hybridized carbons (Fsp3) is 0.0769. The maximum atomic E-state index is 13.9. The number of aromatic amines is 1. The summed E-state index contributed by atoms with van der Waals surface area (Å²) in [6, 6.07) is 3.96. The third-order valence-corrected chi connectivity index (χ3v) is 5.93. The van der Waals surface area contributed by atoms with Crippen LogP contribution in [-0.2, 0) is 10.0 Å². The van der Waals surface area contributed by atoms with Gasteiger partial charge in [-0.1, -0.05) is 11.3 Å². The van der Waals surface area contributed by atoms with Gasteiger partial charge in [0.15, 0.2) is 9.22 Å². The van der Waals surface area contributed by atoms with Crippen molar-refractivity contribution in [1.29, 1.82) is 5.26 Å². The molecule has 0 unspecified atom stereocenters. The fourth-order valence-electron chi connectivity index (χ4n) is 2.07. The molecule has 0 fully saturated rings. The zero-order valence-electron chi connectivity index (χ0n) is 11.5.